The van der Waals surface area contributed by atoms with E-state index < -0.39 is 0 Å². The molecule has 188 valence electrons. The standard InChI is InChI=1S/C32H36BrN2.HI/c1-31(2)24-14-7-9-16-26(24)34(5)28(31)20-18-22-12-11-13-23(30(22)33)19-21-29-32(3,4)25-15-8-10-17-27(25)35(29)6;/h7-10,14-21H,11-13H2,1-6H3;1H/q+1;/p-1. The highest BCUT2D eigenvalue weighted by molar-refractivity contribution is 9.12. The van der Waals surface area contributed by atoms with E-state index in [2.05, 4.69) is 140 Å². The third kappa shape index (κ3) is 4.38. The summed E-state index contributed by atoms with van der Waals surface area (Å²) in [5.41, 5.74) is 10.9. The fraction of sp³-hybridized carbons (Fsp3) is 0.344. The van der Waals surface area contributed by atoms with Gasteiger partial charge in [0, 0.05) is 46.0 Å². The van der Waals surface area contributed by atoms with Gasteiger partial charge in [-0.15, -0.1) is 0 Å². The lowest BCUT2D eigenvalue weighted by Gasteiger charge is -2.24. The number of benzene rings is 2. The minimum atomic E-state index is 0. The Labute approximate surface area is 242 Å². The molecule has 0 amide bonds. The molecule has 36 heavy (non-hydrogen) atoms. The molecule has 0 saturated heterocycles. The van der Waals surface area contributed by atoms with Crippen LogP contribution in [-0.4, -0.2) is 24.4 Å². The zero-order chi connectivity index (χ0) is 25.0. The summed E-state index contributed by atoms with van der Waals surface area (Å²) >= 11 is 3.98. The average Bonchev–Trinajstić information content (AvgIpc) is 3.16. The Morgan fingerprint density at radius 3 is 2.22 bits per heavy atom. The Hall–Kier alpha value is -1.92. The van der Waals surface area contributed by atoms with Crippen LogP contribution < -0.4 is 28.9 Å². The summed E-state index contributed by atoms with van der Waals surface area (Å²) < 4.78 is 3.60. The van der Waals surface area contributed by atoms with Gasteiger partial charge < -0.3 is 28.9 Å². The maximum absolute atomic E-state index is 3.98. The van der Waals surface area contributed by atoms with E-state index in [0.717, 1.165) is 12.8 Å². The predicted molar refractivity (Wildman–Crippen MR) is 153 cm³/mol. The summed E-state index contributed by atoms with van der Waals surface area (Å²) in [4.78, 5) is 2.35. The quantitative estimate of drug-likeness (QED) is 0.321. The first-order chi connectivity index (χ1) is 16.6. The lowest BCUT2D eigenvalue weighted by molar-refractivity contribution is -0.401. The van der Waals surface area contributed by atoms with Gasteiger partial charge in [-0.2, -0.15) is 4.58 Å². The molecule has 0 spiro atoms. The molecule has 0 radical (unpaired) electrons. The van der Waals surface area contributed by atoms with Crippen molar-refractivity contribution in [3.05, 3.63) is 105 Å². The van der Waals surface area contributed by atoms with Crippen LogP contribution in [0.3, 0.4) is 0 Å². The Balaban J connectivity index is 0.00000304. The average molecular weight is 655 g/mol. The highest BCUT2D eigenvalue weighted by Gasteiger charge is 2.42. The van der Waals surface area contributed by atoms with E-state index in [1.54, 1.807) is 0 Å². The van der Waals surface area contributed by atoms with Crippen LogP contribution in [0.2, 0.25) is 0 Å². The SMILES string of the molecule is CN1/C(=C/C=C2\CCCC(/C=C/C3=[N+](C)c4ccccc4C3(C)C)=C2Br)C(C)(C)c2ccccc21.[I-]. The molecule has 0 bridgehead atoms. The number of allylic oxidation sites excluding steroid dienone is 8. The smallest absolute Gasteiger partial charge is 0.209 e. The Morgan fingerprint density at radius 1 is 0.861 bits per heavy atom. The van der Waals surface area contributed by atoms with Gasteiger partial charge in [-0.05, 0) is 62.0 Å². The third-order valence-corrected chi connectivity index (χ3v) is 9.24. The number of halogens is 2. The number of likely N-dealkylation sites (N-methyl/N-ethyl adjacent to an activating group) is 1. The first-order valence-corrected chi connectivity index (χ1v) is 13.5. The largest absolute Gasteiger partial charge is 1.00 e. The van der Waals surface area contributed by atoms with Crippen molar-refractivity contribution in [2.75, 3.05) is 19.0 Å². The fourth-order valence-corrected chi connectivity index (χ4v) is 6.83. The van der Waals surface area contributed by atoms with Gasteiger partial charge in [-0.25, -0.2) is 0 Å². The van der Waals surface area contributed by atoms with Crippen LogP contribution in [0.15, 0.2) is 94.2 Å². The summed E-state index contributed by atoms with van der Waals surface area (Å²) in [5.74, 6) is 0. The van der Waals surface area contributed by atoms with E-state index in [1.165, 1.54) is 56.0 Å². The van der Waals surface area contributed by atoms with Crippen molar-refractivity contribution in [1.29, 1.82) is 0 Å². The second kappa shape index (κ2) is 10.1. The van der Waals surface area contributed by atoms with Crippen LogP contribution in [0.25, 0.3) is 0 Å². The molecule has 2 nitrogen and oxygen atoms in total. The lowest BCUT2D eigenvalue weighted by atomic mass is 9.81. The number of fused-ring (bicyclic) bond motifs is 2. The molecule has 2 aromatic rings. The lowest BCUT2D eigenvalue weighted by Crippen LogP contribution is -3.00. The van der Waals surface area contributed by atoms with Crippen LogP contribution in [0, 0.1) is 0 Å². The molecule has 0 aromatic heterocycles. The number of hydrogen-bond donors (Lipinski definition) is 0. The Kier molecular flexibility index (Phi) is 7.60. The molecule has 0 saturated carbocycles. The zero-order valence-corrected chi connectivity index (χ0v) is 25.9. The van der Waals surface area contributed by atoms with Crippen LogP contribution in [0.5, 0.6) is 0 Å². The van der Waals surface area contributed by atoms with E-state index in [0.29, 0.717) is 0 Å². The predicted octanol–water partition coefficient (Wildman–Crippen LogP) is 5.32. The Morgan fingerprint density at radius 2 is 1.53 bits per heavy atom. The molecule has 2 aliphatic heterocycles. The second-order valence-electron chi connectivity index (χ2n) is 11.1. The van der Waals surface area contributed by atoms with Crippen LogP contribution >= 0.6 is 15.9 Å². The molecule has 0 fully saturated rings. The van der Waals surface area contributed by atoms with Crippen molar-refractivity contribution in [1.82, 2.24) is 0 Å². The van der Waals surface area contributed by atoms with Crippen LogP contribution in [-0.2, 0) is 10.8 Å². The monoisotopic (exact) mass is 654 g/mol. The topological polar surface area (TPSA) is 6.25 Å². The zero-order valence-electron chi connectivity index (χ0n) is 22.2. The molecular weight excluding hydrogens is 619 g/mol. The number of para-hydroxylation sites is 2. The van der Waals surface area contributed by atoms with E-state index in [9.17, 15) is 0 Å². The van der Waals surface area contributed by atoms with Gasteiger partial charge >= 0.3 is 0 Å². The van der Waals surface area contributed by atoms with Crippen molar-refractivity contribution in [2.45, 2.75) is 57.8 Å². The molecule has 2 heterocycles. The van der Waals surface area contributed by atoms with E-state index >= 15 is 0 Å². The summed E-state index contributed by atoms with van der Waals surface area (Å²) in [6, 6.07) is 17.5. The highest BCUT2D eigenvalue weighted by atomic mass is 127. The molecule has 0 unspecified atom stereocenters. The number of anilines is 1. The first kappa shape index (κ1) is 27.1. The summed E-state index contributed by atoms with van der Waals surface area (Å²) in [6.07, 6.45) is 12.7. The maximum Gasteiger partial charge on any atom is 0.209 e. The van der Waals surface area contributed by atoms with Gasteiger partial charge in [0.15, 0.2) is 5.71 Å². The summed E-state index contributed by atoms with van der Waals surface area (Å²) in [6.45, 7) is 9.31. The van der Waals surface area contributed by atoms with Gasteiger partial charge in [0.25, 0.3) is 0 Å². The molecule has 5 rings (SSSR count). The third-order valence-electron chi connectivity index (χ3n) is 8.22. The van der Waals surface area contributed by atoms with E-state index in [-0.39, 0.29) is 34.8 Å². The first-order valence-electron chi connectivity index (χ1n) is 12.7. The van der Waals surface area contributed by atoms with Gasteiger partial charge in [-0.1, -0.05) is 78.3 Å². The molecular formula is C32H36BrIN2. The molecule has 2 aromatic carbocycles. The number of rotatable bonds is 3. The van der Waals surface area contributed by atoms with E-state index in [4.69, 9.17) is 0 Å². The van der Waals surface area contributed by atoms with E-state index in [1.807, 2.05) is 0 Å². The van der Waals surface area contributed by atoms with Crippen LogP contribution in [0.4, 0.5) is 11.4 Å². The maximum atomic E-state index is 3.98. The molecule has 0 N–H and O–H groups in total. The number of hydrogen-bond acceptors (Lipinski definition) is 1. The van der Waals surface area contributed by atoms with Gasteiger partial charge in [0.2, 0.25) is 5.69 Å². The molecule has 4 heteroatoms. The van der Waals surface area contributed by atoms with Gasteiger partial charge in [-0.3, -0.25) is 0 Å². The van der Waals surface area contributed by atoms with Crippen molar-refractivity contribution in [3.8, 4) is 0 Å². The van der Waals surface area contributed by atoms with Crippen molar-refractivity contribution >= 4 is 33.0 Å². The van der Waals surface area contributed by atoms with Crippen molar-refractivity contribution < 1.29 is 28.6 Å². The molecule has 0 atom stereocenters. The fourth-order valence-electron chi connectivity index (χ4n) is 6.17. The normalized spacial score (nSPS) is 22.5. The minimum Gasteiger partial charge on any atom is -1.00 e. The van der Waals surface area contributed by atoms with Crippen LogP contribution in [0.1, 0.15) is 58.1 Å². The molecule has 1 aliphatic carbocycles. The summed E-state index contributed by atoms with van der Waals surface area (Å²) in [7, 11) is 4.37. The van der Waals surface area contributed by atoms with Crippen molar-refractivity contribution in [3.63, 3.8) is 0 Å². The van der Waals surface area contributed by atoms with Gasteiger partial charge in [0.1, 0.15) is 7.05 Å². The Bertz CT molecular complexity index is 1350. The van der Waals surface area contributed by atoms with Gasteiger partial charge in [0.05, 0.1) is 5.41 Å². The van der Waals surface area contributed by atoms with Crippen molar-refractivity contribution in [2.24, 2.45) is 0 Å². The molecule has 3 aliphatic rings. The minimum absolute atomic E-state index is 0. The highest BCUT2D eigenvalue weighted by Crippen LogP contribution is 2.47. The second-order valence-corrected chi connectivity index (χ2v) is 11.9. The number of nitrogens with zero attached hydrogens (tertiary/aromatic N) is 2. The summed E-state index contributed by atoms with van der Waals surface area (Å²) in [5, 5.41) is 0.